The van der Waals surface area contributed by atoms with E-state index in [1.54, 1.807) is 18.2 Å². The molecule has 0 saturated carbocycles. The van der Waals surface area contributed by atoms with E-state index < -0.39 is 0 Å². The van der Waals surface area contributed by atoms with Gasteiger partial charge in [0.2, 0.25) is 0 Å². The number of likely N-dealkylation sites (tertiary alicyclic amines) is 1. The van der Waals surface area contributed by atoms with Crippen LogP contribution in [0.15, 0.2) is 42.5 Å². The van der Waals surface area contributed by atoms with Crippen LogP contribution in [-0.4, -0.2) is 37.5 Å². The lowest BCUT2D eigenvalue weighted by atomic mass is 9.87. The number of fused-ring (bicyclic) bond motifs is 3. The van der Waals surface area contributed by atoms with E-state index in [4.69, 9.17) is 4.74 Å². The molecule has 1 unspecified atom stereocenters. The maximum Gasteiger partial charge on any atom is 0.251 e. The fourth-order valence-electron chi connectivity index (χ4n) is 3.72. The summed E-state index contributed by atoms with van der Waals surface area (Å²) >= 11 is 0. The minimum Gasteiger partial charge on any atom is -0.457 e. The fourth-order valence-corrected chi connectivity index (χ4v) is 3.72. The van der Waals surface area contributed by atoms with Gasteiger partial charge in [-0.25, -0.2) is 4.39 Å². The molecule has 1 saturated heterocycles. The van der Waals surface area contributed by atoms with Gasteiger partial charge in [0.25, 0.3) is 5.91 Å². The first-order valence-electron chi connectivity index (χ1n) is 8.14. The van der Waals surface area contributed by atoms with Crippen molar-refractivity contribution in [1.82, 2.24) is 10.2 Å². The van der Waals surface area contributed by atoms with Crippen LogP contribution in [-0.2, 0) is 0 Å². The van der Waals surface area contributed by atoms with Crippen LogP contribution < -0.4 is 10.1 Å². The second-order valence-corrected chi connectivity index (χ2v) is 6.60. The molecule has 0 aromatic heterocycles. The molecule has 2 aromatic carbocycles. The number of nitrogens with zero attached hydrogens (tertiary/aromatic N) is 1. The lowest BCUT2D eigenvalue weighted by molar-refractivity contribution is 0.0951. The number of nitrogens with one attached hydrogen (secondary N) is 1. The Morgan fingerprint density at radius 2 is 1.88 bits per heavy atom. The maximum absolute atomic E-state index is 13.0. The van der Waals surface area contributed by atoms with Crippen molar-refractivity contribution in [2.24, 2.45) is 5.92 Å². The van der Waals surface area contributed by atoms with Crippen LogP contribution >= 0.6 is 0 Å². The van der Waals surface area contributed by atoms with Gasteiger partial charge in [-0.15, -0.1) is 0 Å². The molecule has 2 heterocycles. The van der Waals surface area contributed by atoms with Crippen molar-refractivity contribution < 1.29 is 13.9 Å². The zero-order chi connectivity index (χ0) is 16.7. The topological polar surface area (TPSA) is 41.6 Å². The molecule has 1 fully saturated rings. The minimum atomic E-state index is -0.306. The van der Waals surface area contributed by atoms with Gasteiger partial charge in [0.15, 0.2) is 0 Å². The molecular weight excluding hydrogens is 307 g/mol. The highest BCUT2D eigenvalue weighted by molar-refractivity contribution is 5.96. The molecule has 0 aliphatic carbocycles. The standard InChI is InChI=1S/C19H19FN2O2/c1-22-10-12-9-21-19(23)17-8-15(6-7-16(17)18(12)11-22)24-14-4-2-13(20)3-5-14/h2-8,12,18H,9-11H2,1H3,(H,21,23)/t12-,18?/m0/s1. The molecule has 0 bridgehead atoms. The maximum atomic E-state index is 13.0. The molecule has 2 atom stereocenters. The van der Waals surface area contributed by atoms with Gasteiger partial charge in [-0.2, -0.15) is 0 Å². The number of ether oxygens (including phenoxy) is 1. The third kappa shape index (κ3) is 2.76. The molecular formula is C19H19FN2O2. The first kappa shape index (κ1) is 15.1. The zero-order valence-electron chi connectivity index (χ0n) is 13.5. The van der Waals surface area contributed by atoms with Crippen molar-refractivity contribution in [3.8, 4) is 11.5 Å². The van der Waals surface area contributed by atoms with E-state index in [0.29, 0.717) is 35.4 Å². The molecule has 1 amide bonds. The summed E-state index contributed by atoms with van der Waals surface area (Å²) in [5, 5.41) is 3.02. The summed E-state index contributed by atoms with van der Waals surface area (Å²) in [6.45, 7) is 2.67. The number of hydrogen-bond donors (Lipinski definition) is 1. The highest BCUT2D eigenvalue weighted by atomic mass is 19.1. The van der Waals surface area contributed by atoms with Crippen LogP contribution in [0.1, 0.15) is 21.8 Å². The van der Waals surface area contributed by atoms with Crippen LogP contribution in [0.4, 0.5) is 4.39 Å². The second kappa shape index (κ2) is 5.91. The van der Waals surface area contributed by atoms with E-state index >= 15 is 0 Å². The number of carbonyl (C=O) groups is 1. The summed E-state index contributed by atoms with van der Waals surface area (Å²) in [6, 6.07) is 11.5. The molecule has 2 aromatic rings. The molecule has 2 aliphatic heterocycles. The van der Waals surface area contributed by atoms with E-state index in [-0.39, 0.29) is 11.7 Å². The molecule has 5 heteroatoms. The average molecular weight is 326 g/mol. The first-order valence-corrected chi connectivity index (χ1v) is 8.14. The van der Waals surface area contributed by atoms with Crippen molar-refractivity contribution in [1.29, 1.82) is 0 Å². The molecule has 2 aliphatic rings. The summed E-state index contributed by atoms with van der Waals surface area (Å²) < 4.78 is 18.8. The monoisotopic (exact) mass is 326 g/mol. The summed E-state index contributed by atoms with van der Waals surface area (Å²) in [5.41, 5.74) is 1.77. The number of benzene rings is 2. The van der Waals surface area contributed by atoms with Crippen molar-refractivity contribution in [2.75, 3.05) is 26.7 Å². The highest BCUT2D eigenvalue weighted by Crippen LogP contribution is 2.37. The van der Waals surface area contributed by atoms with Crippen LogP contribution in [0.5, 0.6) is 11.5 Å². The molecule has 0 radical (unpaired) electrons. The van der Waals surface area contributed by atoms with Gasteiger partial charge < -0.3 is 15.0 Å². The van der Waals surface area contributed by atoms with Gasteiger partial charge in [-0.1, -0.05) is 6.07 Å². The Hall–Kier alpha value is -2.40. The van der Waals surface area contributed by atoms with Crippen LogP contribution in [0.2, 0.25) is 0 Å². The average Bonchev–Trinajstić information content (AvgIpc) is 2.90. The number of likely N-dealkylation sites (N-methyl/N-ethyl adjacent to an activating group) is 1. The number of carbonyl (C=O) groups excluding carboxylic acids is 1. The summed E-state index contributed by atoms with van der Waals surface area (Å²) in [6.07, 6.45) is 0. The van der Waals surface area contributed by atoms with Crippen LogP contribution in [0.3, 0.4) is 0 Å². The van der Waals surface area contributed by atoms with Crippen LogP contribution in [0, 0.1) is 11.7 Å². The summed E-state index contributed by atoms with van der Waals surface area (Å²) in [7, 11) is 2.11. The summed E-state index contributed by atoms with van der Waals surface area (Å²) in [5.74, 6) is 1.59. The SMILES string of the molecule is CN1CC2c3ccc(Oc4ccc(F)cc4)cc3C(=O)NC[C@H]2C1. The molecule has 4 nitrogen and oxygen atoms in total. The predicted octanol–water partition coefficient (Wildman–Crippen LogP) is 3.01. The van der Waals surface area contributed by atoms with E-state index in [1.807, 2.05) is 12.1 Å². The third-order valence-electron chi connectivity index (χ3n) is 4.87. The van der Waals surface area contributed by atoms with Gasteiger partial charge in [-0.3, -0.25) is 4.79 Å². The number of halogens is 1. The van der Waals surface area contributed by atoms with Crippen molar-refractivity contribution >= 4 is 5.91 Å². The Balaban J connectivity index is 1.66. The molecule has 4 rings (SSSR count). The Morgan fingerprint density at radius 3 is 2.67 bits per heavy atom. The Bertz CT molecular complexity index is 775. The van der Waals surface area contributed by atoms with Gasteiger partial charge in [0, 0.05) is 31.1 Å². The van der Waals surface area contributed by atoms with E-state index in [2.05, 4.69) is 17.3 Å². The smallest absolute Gasteiger partial charge is 0.251 e. The Labute approximate surface area is 140 Å². The minimum absolute atomic E-state index is 0.0494. The lowest BCUT2D eigenvalue weighted by Crippen LogP contribution is -2.29. The van der Waals surface area contributed by atoms with Crippen molar-refractivity contribution in [2.45, 2.75) is 5.92 Å². The van der Waals surface area contributed by atoms with Crippen LogP contribution in [0.25, 0.3) is 0 Å². The predicted molar refractivity (Wildman–Crippen MR) is 89.0 cm³/mol. The quantitative estimate of drug-likeness (QED) is 0.922. The largest absolute Gasteiger partial charge is 0.457 e. The number of hydrogen-bond acceptors (Lipinski definition) is 3. The number of rotatable bonds is 2. The Kier molecular flexibility index (Phi) is 3.73. The highest BCUT2D eigenvalue weighted by Gasteiger charge is 2.36. The molecule has 1 N–H and O–H groups in total. The van der Waals surface area contributed by atoms with Crippen molar-refractivity contribution in [3.63, 3.8) is 0 Å². The second-order valence-electron chi connectivity index (χ2n) is 6.60. The normalized spacial score (nSPS) is 23.2. The van der Waals surface area contributed by atoms with Gasteiger partial charge in [-0.05, 0) is 54.9 Å². The molecule has 124 valence electrons. The third-order valence-corrected chi connectivity index (χ3v) is 4.87. The van der Waals surface area contributed by atoms with E-state index in [9.17, 15) is 9.18 Å². The summed E-state index contributed by atoms with van der Waals surface area (Å²) in [4.78, 5) is 14.7. The number of amides is 1. The lowest BCUT2D eigenvalue weighted by Gasteiger charge is -2.17. The van der Waals surface area contributed by atoms with E-state index in [0.717, 1.165) is 18.7 Å². The van der Waals surface area contributed by atoms with Gasteiger partial charge in [0.1, 0.15) is 17.3 Å². The first-order chi connectivity index (χ1) is 11.6. The fraction of sp³-hybridized carbons (Fsp3) is 0.316. The zero-order valence-corrected chi connectivity index (χ0v) is 13.5. The molecule has 0 spiro atoms. The van der Waals surface area contributed by atoms with Gasteiger partial charge >= 0.3 is 0 Å². The van der Waals surface area contributed by atoms with Crippen molar-refractivity contribution in [3.05, 3.63) is 59.4 Å². The van der Waals surface area contributed by atoms with E-state index in [1.165, 1.54) is 12.1 Å². The Morgan fingerprint density at radius 1 is 1.12 bits per heavy atom. The molecule has 24 heavy (non-hydrogen) atoms. The van der Waals surface area contributed by atoms with Gasteiger partial charge in [0.05, 0.1) is 0 Å².